The van der Waals surface area contributed by atoms with Crippen LogP contribution in [0.2, 0.25) is 0 Å². The van der Waals surface area contributed by atoms with Crippen LogP contribution in [0.1, 0.15) is 46.5 Å². The van der Waals surface area contributed by atoms with Gasteiger partial charge in [0.15, 0.2) is 0 Å². The molecule has 1 aliphatic rings. The molecule has 1 rings (SSSR count). The van der Waals surface area contributed by atoms with Crippen molar-refractivity contribution in [2.24, 2.45) is 0 Å². The summed E-state index contributed by atoms with van der Waals surface area (Å²) in [5.74, 6) is 2.83. The van der Waals surface area contributed by atoms with Gasteiger partial charge in [-0.1, -0.05) is 20.3 Å². The monoisotopic (exact) mass is 222 g/mol. The van der Waals surface area contributed by atoms with Gasteiger partial charge < -0.3 is 10.2 Å². The van der Waals surface area contributed by atoms with E-state index in [-0.39, 0.29) is 12.7 Å². The molecule has 0 spiro atoms. The van der Waals surface area contributed by atoms with Gasteiger partial charge in [-0.05, 0) is 37.7 Å². The largest absolute Gasteiger partial charge is 0.396 e. The Hall–Kier alpha value is 0.270. The van der Waals surface area contributed by atoms with E-state index in [9.17, 15) is 0 Å². The molecular formula is C11H26O2S. The number of rotatable bonds is 2. The minimum Gasteiger partial charge on any atom is -0.396 e. The minimum absolute atomic E-state index is 0.0810. The molecule has 0 amide bonds. The van der Waals surface area contributed by atoms with Crippen LogP contribution in [0.5, 0.6) is 0 Å². The molecule has 0 radical (unpaired) electrons. The zero-order valence-electron chi connectivity index (χ0n) is 9.83. The average Bonchev–Trinajstić information content (AvgIpc) is 2.24. The predicted molar refractivity (Wildman–Crippen MR) is 65.9 cm³/mol. The van der Waals surface area contributed by atoms with Crippen molar-refractivity contribution in [3.63, 3.8) is 0 Å². The summed E-state index contributed by atoms with van der Waals surface area (Å²) < 4.78 is 0. The highest BCUT2D eigenvalue weighted by molar-refractivity contribution is 7.99. The molecule has 88 valence electrons. The van der Waals surface area contributed by atoms with E-state index >= 15 is 0 Å². The lowest BCUT2D eigenvalue weighted by Crippen LogP contribution is -2.00. The second-order valence-corrected chi connectivity index (χ2v) is 4.26. The van der Waals surface area contributed by atoms with E-state index in [1.807, 2.05) is 13.8 Å². The maximum atomic E-state index is 8.39. The third-order valence-electron chi connectivity index (χ3n) is 1.62. The highest BCUT2D eigenvalue weighted by atomic mass is 32.2. The summed E-state index contributed by atoms with van der Waals surface area (Å²) in [4.78, 5) is 0. The van der Waals surface area contributed by atoms with Crippen molar-refractivity contribution in [3.05, 3.63) is 0 Å². The van der Waals surface area contributed by atoms with Gasteiger partial charge in [0.05, 0.1) is 6.10 Å². The Morgan fingerprint density at radius 2 is 1.64 bits per heavy atom. The molecule has 14 heavy (non-hydrogen) atoms. The van der Waals surface area contributed by atoms with Gasteiger partial charge in [-0.15, -0.1) is 0 Å². The van der Waals surface area contributed by atoms with Gasteiger partial charge in [-0.2, -0.15) is 11.8 Å². The van der Waals surface area contributed by atoms with Crippen molar-refractivity contribution in [1.29, 1.82) is 0 Å². The third-order valence-corrected chi connectivity index (χ3v) is 2.78. The Morgan fingerprint density at radius 3 is 1.71 bits per heavy atom. The van der Waals surface area contributed by atoms with Crippen LogP contribution in [-0.2, 0) is 0 Å². The molecule has 0 bridgehead atoms. The number of aliphatic hydroxyl groups is 2. The van der Waals surface area contributed by atoms with Gasteiger partial charge in [0, 0.05) is 6.61 Å². The fraction of sp³-hybridized carbons (Fsp3) is 1.00. The summed E-state index contributed by atoms with van der Waals surface area (Å²) in [7, 11) is 0. The first kappa shape index (κ1) is 16.7. The molecule has 0 aromatic carbocycles. The van der Waals surface area contributed by atoms with Crippen molar-refractivity contribution in [1.82, 2.24) is 0 Å². The number of thioether (sulfide) groups is 1. The normalized spacial score (nSPS) is 16.9. The third kappa shape index (κ3) is 18.1. The van der Waals surface area contributed by atoms with Crippen molar-refractivity contribution in [2.75, 3.05) is 18.1 Å². The van der Waals surface area contributed by atoms with Gasteiger partial charge in [-0.25, -0.2) is 0 Å². The van der Waals surface area contributed by atoms with E-state index in [1.54, 1.807) is 6.92 Å². The molecule has 1 unspecified atom stereocenters. The molecule has 1 fully saturated rings. The topological polar surface area (TPSA) is 40.5 Å². The van der Waals surface area contributed by atoms with Crippen molar-refractivity contribution in [2.45, 2.75) is 52.6 Å². The molecule has 0 aromatic heterocycles. The minimum atomic E-state index is -0.352. The summed E-state index contributed by atoms with van der Waals surface area (Å²) >= 11 is 2.09. The average molecular weight is 222 g/mol. The lowest BCUT2D eigenvalue weighted by molar-refractivity contribution is 0.148. The van der Waals surface area contributed by atoms with Gasteiger partial charge in [0.2, 0.25) is 0 Å². The highest BCUT2D eigenvalue weighted by Crippen LogP contribution is 2.14. The molecule has 1 saturated heterocycles. The van der Waals surface area contributed by atoms with E-state index in [0.29, 0.717) is 6.42 Å². The molecule has 2 N–H and O–H groups in total. The number of hydrogen-bond donors (Lipinski definition) is 2. The zero-order valence-corrected chi connectivity index (χ0v) is 10.6. The summed E-state index contributed by atoms with van der Waals surface area (Å²) in [5, 5.41) is 16.5. The van der Waals surface area contributed by atoms with E-state index in [1.165, 1.54) is 30.8 Å². The van der Waals surface area contributed by atoms with Gasteiger partial charge >= 0.3 is 0 Å². The summed E-state index contributed by atoms with van der Waals surface area (Å²) in [6.45, 7) is 5.73. The Labute approximate surface area is 93.1 Å². The second kappa shape index (κ2) is 15.7. The SMILES string of the molecule is C1CCSCC1.CC.CC(O)CCO. The molecule has 1 aliphatic heterocycles. The van der Waals surface area contributed by atoms with Crippen molar-refractivity contribution >= 4 is 11.8 Å². The number of aliphatic hydroxyl groups excluding tert-OH is 2. The van der Waals surface area contributed by atoms with Crippen LogP contribution >= 0.6 is 11.8 Å². The molecule has 3 heteroatoms. The maximum Gasteiger partial charge on any atom is 0.0533 e. The quantitative estimate of drug-likeness (QED) is 0.754. The van der Waals surface area contributed by atoms with Crippen LogP contribution in [-0.4, -0.2) is 34.4 Å². The molecule has 0 aromatic rings. The lowest BCUT2D eigenvalue weighted by atomic mass is 10.3. The Morgan fingerprint density at radius 1 is 1.14 bits per heavy atom. The van der Waals surface area contributed by atoms with Gasteiger partial charge in [0.1, 0.15) is 0 Å². The Kier molecular flexibility index (Phi) is 18.8. The van der Waals surface area contributed by atoms with Crippen LogP contribution in [0.15, 0.2) is 0 Å². The smallest absolute Gasteiger partial charge is 0.0533 e. The maximum absolute atomic E-state index is 8.39. The summed E-state index contributed by atoms with van der Waals surface area (Å²) in [5.41, 5.74) is 0. The first-order chi connectivity index (χ1) is 6.77. The van der Waals surface area contributed by atoms with E-state index in [0.717, 1.165) is 0 Å². The van der Waals surface area contributed by atoms with Crippen LogP contribution in [0.4, 0.5) is 0 Å². The molecule has 0 aliphatic carbocycles. The molecule has 2 nitrogen and oxygen atoms in total. The molecular weight excluding hydrogens is 196 g/mol. The summed E-state index contributed by atoms with van der Waals surface area (Å²) in [6, 6.07) is 0. The van der Waals surface area contributed by atoms with Crippen LogP contribution in [0.3, 0.4) is 0 Å². The fourth-order valence-corrected chi connectivity index (χ4v) is 1.89. The Balaban J connectivity index is 0. The molecule has 1 atom stereocenters. The van der Waals surface area contributed by atoms with Crippen LogP contribution < -0.4 is 0 Å². The standard InChI is InChI=1S/C5H10S.C4H10O2.C2H6/c1-2-4-6-5-3-1;1-4(6)2-3-5;1-2/h1-5H2;4-6H,2-3H2,1H3;1-2H3. The zero-order chi connectivity index (χ0) is 11.2. The first-order valence-corrected chi connectivity index (χ1v) is 6.79. The predicted octanol–water partition coefficient (Wildman–Crippen LogP) is 2.68. The van der Waals surface area contributed by atoms with E-state index in [4.69, 9.17) is 10.2 Å². The summed E-state index contributed by atoms with van der Waals surface area (Å²) in [6.07, 6.45) is 4.54. The van der Waals surface area contributed by atoms with Crippen molar-refractivity contribution < 1.29 is 10.2 Å². The van der Waals surface area contributed by atoms with Gasteiger partial charge in [-0.3, -0.25) is 0 Å². The first-order valence-electron chi connectivity index (χ1n) is 5.64. The molecule has 1 heterocycles. The molecule has 0 saturated carbocycles. The van der Waals surface area contributed by atoms with Crippen LogP contribution in [0.25, 0.3) is 0 Å². The highest BCUT2D eigenvalue weighted by Gasteiger charge is 1.95. The number of hydrogen-bond acceptors (Lipinski definition) is 3. The second-order valence-electron chi connectivity index (χ2n) is 3.03. The van der Waals surface area contributed by atoms with E-state index < -0.39 is 0 Å². The van der Waals surface area contributed by atoms with E-state index in [2.05, 4.69) is 11.8 Å². The fourth-order valence-electron chi connectivity index (χ4n) is 0.874. The Bertz CT molecular complexity index is 71.8. The van der Waals surface area contributed by atoms with Crippen LogP contribution in [0, 0.1) is 0 Å². The lowest BCUT2D eigenvalue weighted by Gasteiger charge is -2.05. The van der Waals surface area contributed by atoms with Crippen molar-refractivity contribution in [3.8, 4) is 0 Å². The van der Waals surface area contributed by atoms with Gasteiger partial charge in [0.25, 0.3) is 0 Å².